The summed E-state index contributed by atoms with van der Waals surface area (Å²) < 4.78 is 0. The number of aryl methyl sites for hydroxylation is 1. The van der Waals surface area contributed by atoms with E-state index < -0.39 is 0 Å². The number of aliphatic hydroxyl groups excluding tert-OH is 1. The summed E-state index contributed by atoms with van der Waals surface area (Å²) in [5.41, 5.74) is 2.56. The molecule has 1 aromatic rings. The van der Waals surface area contributed by atoms with Crippen molar-refractivity contribution in [3.63, 3.8) is 0 Å². The van der Waals surface area contributed by atoms with Gasteiger partial charge in [-0.1, -0.05) is 29.8 Å². The Balaban J connectivity index is 2.13. The Bertz CT molecular complexity index is 281. The smallest absolute Gasteiger partial charge is 0.0682 e. The minimum Gasteiger partial charge on any atom is -0.392 e. The minimum absolute atomic E-state index is 0.175. The Hall–Kier alpha value is -0.860. The van der Waals surface area contributed by atoms with Crippen LogP contribution in [-0.4, -0.2) is 17.8 Å². The zero-order valence-electron chi connectivity index (χ0n) is 7.83. The van der Waals surface area contributed by atoms with Crippen LogP contribution < -0.4 is 5.32 Å². The monoisotopic (exact) mass is 177 g/mol. The lowest BCUT2D eigenvalue weighted by atomic mass is 10.0. The maximum Gasteiger partial charge on any atom is 0.0682 e. The molecule has 0 aliphatic carbocycles. The molecule has 2 N–H and O–H groups in total. The molecule has 70 valence electrons. The van der Waals surface area contributed by atoms with Crippen molar-refractivity contribution in [2.45, 2.75) is 25.5 Å². The number of nitrogens with one attached hydrogen (secondary N) is 1. The first kappa shape index (κ1) is 8.73. The lowest BCUT2D eigenvalue weighted by molar-refractivity contribution is 0.193. The first-order valence-corrected chi connectivity index (χ1v) is 4.74. The maximum atomic E-state index is 9.35. The molecule has 2 rings (SSSR count). The van der Waals surface area contributed by atoms with E-state index in [4.69, 9.17) is 0 Å². The molecule has 0 saturated carbocycles. The van der Waals surface area contributed by atoms with Gasteiger partial charge in [-0.25, -0.2) is 0 Å². The Morgan fingerprint density at radius 2 is 2.00 bits per heavy atom. The van der Waals surface area contributed by atoms with Crippen LogP contribution in [-0.2, 0) is 0 Å². The van der Waals surface area contributed by atoms with E-state index in [1.807, 2.05) is 0 Å². The molecule has 1 aromatic carbocycles. The van der Waals surface area contributed by atoms with Crippen LogP contribution in [0.25, 0.3) is 0 Å². The molecule has 2 atom stereocenters. The van der Waals surface area contributed by atoms with Gasteiger partial charge in [0.15, 0.2) is 0 Å². The molecular formula is C11H15NO. The van der Waals surface area contributed by atoms with Crippen LogP contribution in [0.3, 0.4) is 0 Å². The molecule has 0 spiro atoms. The van der Waals surface area contributed by atoms with Gasteiger partial charge in [0.1, 0.15) is 0 Å². The molecule has 0 amide bonds. The highest BCUT2D eigenvalue weighted by Crippen LogP contribution is 2.23. The zero-order chi connectivity index (χ0) is 9.26. The third-order valence-corrected chi connectivity index (χ3v) is 2.59. The number of benzene rings is 1. The predicted octanol–water partition coefficient (Wildman–Crippen LogP) is 1.39. The first-order valence-electron chi connectivity index (χ1n) is 4.74. The van der Waals surface area contributed by atoms with Crippen molar-refractivity contribution in [2.75, 3.05) is 6.54 Å². The average molecular weight is 177 g/mol. The van der Waals surface area contributed by atoms with Crippen molar-refractivity contribution in [1.82, 2.24) is 5.32 Å². The van der Waals surface area contributed by atoms with E-state index in [1.54, 1.807) is 0 Å². The second kappa shape index (κ2) is 3.48. The van der Waals surface area contributed by atoms with Gasteiger partial charge in [0, 0.05) is 12.6 Å². The number of β-amino-alcohol motifs (C(OH)–C–C–N with tert-alkyl or cyclic N) is 1. The average Bonchev–Trinajstić information content (AvgIpc) is 2.53. The minimum atomic E-state index is -0.175. The van der Waals surface area contributed by atoms with Gasteiger partial charge in [0.05, 0.1) is 6.10 Å². The largest absolute Gasteiger partial charge is 0.392 e. The van der Waals surface area contributed by atoms with Gasteiger partial charge in [0.25, 0.3) is 0 Å². The van der Waals surface area contributed by atoms with Gasteiger partial charge in [-0.3, -0.25) is 0 Å². The summed E-state index contributed by atoms with van der Waals surface area (Å²) in [4.78, 5) is 0. The molecule has 2 nitrogen and oxygen atoms in total. The van der Waals surface area contributed by atoms with Gasteiger partial charge in [-0.05, 0) is 18.9 Å². The molecule has 2 unspecified atom stereocenters. The van der Waals surface area contributed by atoms with Gasteiger partial charge < -0.3 is 10.4 Å². The van der Waals surface area contributed by atoms with E-state index in [1.165, 1.54) is 11.1 Å². The summed E-state index contributed by atoms with van der Waals surface area (Å²) >= 11 is 0. The second-order valence-corrected chi connectivity index (χ2v) is 3.76. The molecule has 1 aliphatic heterocycles. The van der Waals surface area contributed by atoms with E-state index in [-0.39, 0.29) is 6.10 Å². The molecular weight excluding hydrogens is 162 g/mol. The van der Waals surface area contributed by atoms with Crippen molar-refractivity contribution in [2.24, 2.45) is 0 Å². The number of hydrogen-bond donors (Lipinski definition) is 2. The van der Waals surface area contributed by atoms with Gasteiger partial charge in [-0.15, -0.1) is 0 Å². The summed E-state index contributed by atoms with van der Waals surface area (Å²) in [5, 5.41) is 12.6. The van der Waals surface area contributed by atoms with Crippen molar-refractivity contribution in [3.05, 3.63) is 35.4 Å². The predicted molar refractivity (Wildman–Crippen MR) is 52.5 cm³/mol. The topological polar surface area (TPSA) is 32.3 Å². The SMILES string of the molecule is Cc1ccc(C2CC(O)CN2)cc1. The molecule has 13 heavy (non-hydrogen) atoms. The molecule has 0 radical (unpaired) electrons. The van der Waals surface area contributed by atoms with Gasteiger partial charge in [0.2, 0.25) is 0 Å². The van der Waals surface area contributed by atoms with Gasteiger partial charge in [-0.2, -0.15) is 0 Å². The summed E-state index contributed by atoms with van der Waals surface area (Å²) in [6.45, 7) is 2.80. The highest BCUT2D eigenvalue weighted by Gasteiger charge is 2.22. The summed E-state index contributed by atoms with van der Waals surface area (Å²) in [7, 11) is 0. The third-order valence-electron chi connectivity index (χ3n) is 2.59. The fraction of sp³-hybridized carbons (Fsp3) is 0.455. The third kappa shape index (κ3) is 1.90. The van der Waals surface area contributed by atoms with Crippen molar-refractivity contribution >= 4 is 0 Å². The molecule has 0 bridgehead atoms. The first-order chi connectivity index (χ1) is 6.25. The molecule has 1 aliphatic rings. The van der Waals surface area contributed by atoms with E-state index in [0.717, 1.165) is 13.0 Å². The quantitative estimate of drug-likeness (QED) is 0.679. The standard InChI is InChI=1S/C11H15NO/c1-8-2-4-9(5-3-8)11-6-10(13)7-12-11/h2-5,10-13H,6-7H2,1H3. The highest BCUT2D eigenvalue weighted by atomic mass is 16.3. The van der Waals surface area contributed by atoms with Crippen LogP contribution >= 0.6 is 0 Å². The summed E-state index contributed by atoms with van der Waals surface area (Å²) in [6, 6.07) is 8.83. The van der Waals surface area contributed by atoms with E-state index in [9.17, 15) is 5.11 Å². The van der Waals surface area contributed by atoms with Crippen molar-refractivity contribution in [1.29, 1.82) is 0 Å². The van der Waals surface area contributed by atoms with Crippen LogP contribution in [0.15, 0.2) is 24.3 Å². The Labute approximate surface area is 78.6 Å². The molecule has 2 heteroatoms. The lowest BCUT2D eigenvalue weighted by Crippen LogP contribution is -2.14. The summed E-state index contributed by atoms with van der Waals surface area (Å²) in [5.74, 6) is 0. The van der Waals surface area contributed by atoms with E-state index in [0.29, 0.717) is 6.04 Å². The number of hydrogen-bond acceptors (Lipinski definition) is 2. The Morgan fingerprint density at radius 3 is 2.54 bits per heavy atom. The van der Waals surface area contributed by atoms with Crippen LogP contribution in [0.4, 0.5) is 0 Å². The van der Waals surface area contributed by atoms with Crippen molar-refractivity contribution < 1.29 is 5.11 Å². The molecule has 1 saturated heterocycles. The summed E-state index contributed by atoms with van der Waals surface area (Å²) in [6.07, 6.45) is 0.662. The van der Waals surface area contributed by atoms with E-state index in [2.05, 4.69) is 36.5 Å². The Morgan fingerprint density at radius 1 is 1.31 bits per heavy atom. The van der Waals surface area contributed by atoms with Crippen LogP contribution in [0.5, 0.6) is 0 Å². The molecule has 1 fully saturated rings. The second-order valence-electron chi connectivity index (χ2n) is 3.76. The zero-order valence-corrected chi connectivity index (χ0v) is 7.83. The number of rotatable bonds is 1. The van der Waals surface area contributed by atoms with Crippen molar-refractivity contribution in [3.8, 4) is 0 Å². The normalized spacial score (nSPS) is 27.8. The Kier molecular flexibility index (Phi) is 2.34. The van der Waals surface area contributed by atoms with Crippen LogP contribution in [0.2, 0.25) is 0 Å². The van der Waals surface area contributed by atoms with E-state index >= 15 is 0 Å². The molecule has 1 heterocycles. The molecule has 0 aromatic heterocycles. The highest BCUT2D eigenvalue weighted by molar-refractivity contribution is 5.24. The number of aliphatic hydroxyl groups is 1. The fourth-order valence-corrected chi connectivity index (χ4v) is 1.77. The van der Waals surface area contributed by atoms with Crippen LogP contribution in [0, 0.1) is 6.92 Å². The van der Waals surface area contributed by atoms with Gasteiger partial charge >= 0.3 is 0 Å². The maximum absolute atomic E-state index is 9.35. The lowest BCUT2D eigenvalue weighted by Gasteiger charge is -2.09. The fourth-order valence-electron chi connectivity index (χ4n) is 1.77. The van der Waals surface area contributed by atoms with Crippen LogP contribution in [0.1, 0.15) is 23.6 Å².